The van der Waals surface area contributed by atoms with Crippen LogP contribution in [0.5, 0.6) is 0 Å². The van der Waals surface area contributed by atoms with Gasteiger partial charge in [0.2, 0.25) is 0 Å². The minimum Gasteiger partial charge on any atom is -0.357 e. The van der Waals surface area contributed by atoms with Crippen molar-refractivity contribution in [3.8, 4) is 0 Å². The van der Waals surface area contributed by atoms with E-state index >= 15 is 0 Å². The third-order valence-electron chi connectivity index (χ3n) is 4.57. The van der Waals surface area contributed by atoms with E-state index in [-0.39, 0.29) is 24.0 Å². The average molecular weight is 484 g/mol. The molecule has 1 atom stereocenters. The van der Waals surface area contributed by atoms with Crippen molar-refractivity contribution in [3.05, 3.63) is 52.0 Å². The number of rotatable bonds is 6. The van der Waals surface area contributed by atoms with Crippen LogP contribution in [0.25, 0.3) is 0 Å². The first-order chi connectivity index (χ1) is 12.3. The van der Waals surface area contributed by atoms with Crippen molar-refractivity contribution in [2.45, 2.75) is 39.0 Å². The first kappa shape index (κ1) is 21.2. The van der Waals surface area contributed by atoms with Gasteiger partial charge in [-0.25, -0.2) is 4.98 Å². The number of hydrogen-bond acceptors (Lipinski definition) is 3. The maximum atomic E-state index is 4.85. The number of halogens is 1. The van der Waals surface area contributed by atoms with Crippen molar-refractivity contribution in [2.24, 2.45) is 4.99 Å². The minimum absolute atomic E-state index is 0. The second kappa shape index (κ2) is 10.9. The highest BCUT2D eigenvalue weighted by atomic mass is 127. The topological polar surface area (TPSA) is 40.5 Å². The Morgan fingerprint density at radius 3 is 2.85 bits per heavy atom. The third-order valence-corrected chi connectivity index (χ3v) is 5.60. The SMILES string of the molecule is CCNC(=NCCCc1nc(C)cs1)N1CCC(c2ccccc2)C1.I. The molecule has 1 saturated heterocycles. The summed E-state index contributed by atoms with van der Waals surface area (Å²) in [6.45, 7) is 8.10. The highest BCUT2D eigenvalue weighted by Crippen LogP contribution is 2.26. The Kier molecular flexibility index (Phi) is 8.84. The molecule has 1 aliphatic rings. The fourth-order valence-corrected chi connectivity index (χ4v) is 4.13. The molecule has 1 aromatic carbocycles. The second-order valence-electron chi connectivity index (χ2n) is 6.56. The van der Waals surface area contributed by atoms with Crippen molar-refractivity contribution in [1.29, 1.82) is 0 Å². The predicted molar refractivity (Wildman–Crippen MR) is 122 cm³/mol. The number of thiazole rings is 1. The van der Waals surface area contributed by atoms with Gasteiger partial charge in [0.25, 0.3) is 0 Å². The van der Waals surface area contributed by atoms with Crippen molar-refractivity contribution in [3.63, 3.8) is 0 Å². The molecule has 0 spiro atoms. The number of hydrogen-bond donors (Lipinski definition) is 1. The normalized spacial score (nSPS) is 17.2. The summed E-state index contributed by atoms with van der Waals surface area (Å²) in [5, 5.41) is 6.81. The van der Waals surface area contributed by atoms with E-state index in [0.29, 0.717) is 5.92 Å². The summed E-state index contributed by atoms with van der Waals surface area (Å²) in [7, 11) is 0. The van der Waals surface area contributed by atoms with E-state index in [4.69, 9.17) is 4.99 Å². The Bertz CT molecular complexity index is 686. The van der Waals surface area contributed by atoms with Gasteiger partial charge < -0.3 is 10.2 Å². The molecule has 142 valence electrons. The number of guanidine groups is 1. The van der Waals surface area contributed by atoms with Gasteiger partial charge in [0, 0.05) is 49.6 Å². The zero-order valence-corrected chi connectivity index (χ0v) is 18.8. The fraction of sp³-hybridized carbons (Fsp3) is 0.500. The zero-order chi connectivity index (χ0) is 17.5. The molecule has 0 amide bonds. The molecular weight excluding hydrogens is 455 g/mol. The van der Waals surface area contributed by atoms with Crippen LogP contribution in [-0.4, -0.2) is 42.0 Å². The van der Waals surface area contributed by atoms with Gasteiger partial charge in [-0.15, -0.1) is 35.3 Å². The molecule has 2 aromatic rings. The Hall–Kier alpha value is -1.15. The molecule has 0 aliphatic carbocycles. The van der Waals surface area contributed by atoms with Crippen molar-refractivity contribution >= 4 is 41.3 Å². The number of aromatic nitrogens is 1. The summed E-state index contributed by atoms with van der Waals surface area (Å²) in [4.78, 5) is 11.8. The lowest BCUT2D eigenvalue weighted by atomic mass is 9.99. The third kappa shape index (κ3) is 5.94. The molecule has 4 nitrogen and oxygen atoms in total. The highest BCUT2D eigenvalue weighted by Gasteiger charge is 2.25. The first-order valence-corrected chi connectivity index (χ1v) is 10.1. The molecule has 26 heavy (non-hydrogen) atoms. The molecule has 1 fully saturated rings. The Labute approximate surface area is 178 Å². The summed E-state index contributed by atoms with van der Waals surface area (Å²) in [5.74, 6) is 1.68. The van der Waals surface area contributed by atoms with Crippen LogP contribution < -0.4 is 5.32 Å². The summed E-state index contributed by atoms with van der Waals surface area (Å²) >= 11 is 1.76. The summed E-state index contributed by atoms with van der Waals surface area (Å²) in [6, 6.07) is 10.9. The molecule has 0 bridgehead atoms. The van der Waals surface area contributed by atoms with Crippen molar-refractivity contribution < 1.29 is 0 Å². The maximum Gasteiger partial charge on any atom is 0.193 e. The molecule has 1 unspecified atom stereocenters. The number of aliphatic imine (C=N–C) groups is 1. The van der Waals surface area contributed by atoms with Gasteiger partial charge in [-0.2, -0.15) is 0 Å². The number of nitrogens with one attached hydrogen (secondary N) is 1. The number of benzene rings is 1. The quantitative estimate of drug-likeness (QED) is 0.285. The molecule has 3 rings (SSSR count). The van der Waals surface area contributed by atoms with Crippen molar-refractivity contribution in [2.75, 3.05) is 26.2 Å². The van der Waals surface area contributed by atoms with Crippen LogP contribution in [-0.2, 0) is 6.42 Å². The van der Waals surface area contributed by atoms with Gasteiger partial charge in [-0.05, 0) is 32.3 Å². The summed E-state index contributed by atoms with van der Waals surface area (Å²) in [5.41, 5.74) is 2.57. The van der Waals surface area contributed by atoms with Gasteiger partial charge in [-0.3, -0.25) is 4.99 Å². The van der Waals surface area contributed by atoms with Crippen LogP contribution in [0.15, 0.2) is 40.7 Å². The number of aryl methyl sites for hydroxylation is 2. The van der Waals surface area contributed by atoms with E-state index in [1.165, 1.54) is 17.0 Å². The first-order valence-electron chi connectivity index (χ1n) is 9.25. The van der Waals surface area contributed by atoms with Crippen LogP contribution in [0, 0.1) is 6.92 Å². The summed E-state index contributed by atoms with van der Waals surface area (Å²) in [6.07, 6.45) is 3.28. The van der Waals surface area contributed by atoms with E-state index < -0.39 is 0 Å². The number of nitrogens with zero attached hydrogens (tertiary/aromatic N) is 3. The average Bonchev–Trinajstić information content (AvgIpc) is 3.28. The lowest BCUT2D eigenvalue weighted by Crippen LogP contribution is -2.40. The van der Waals surface area contributed by atoms with Crippen LogP contribution in [0.2, 0.25) is 0 Å². The monoisotopic (exact) mass is 484 g/mol. The predicted octanol–water partition coefficient (Wildman–Crippen LogP) is 4.46. The Morgan fingerprint density at radius 1 is 1.35 bits per heavy atom. The highest BCUT2D eigenvalue weighted by molar-refractivity contribution is 14.0. The molecule has 1 aliphatic heterocycles. The van der Waals surface area contributed by atoms with Gasteiger partial charge in [-0.1, -0.05) is 30.3 Å². The van der Waals surface area contributed by atoms with E-state index in [0.717, 1.165) is 50.7 Å². The lowest BCUT2D eigenvalue weighted by Gasteiger charge is -2.21. The molecule has 0 saturated carbocycles. The van der Waals surface area contributed by atoms with E-state index in [9.17, 15) is 0 Å². The largest absolute Gasteiger partial charge is 0.357 e. The van der Waals surface area contributed by atoms with E-state index in [1.54, 1.807) is 11.3 Å². The zero-order valence-electron chi connectivity index (χ0n) is 15.6. The van der Waals surface area contributed by atoms with Crippen molar-refractivity contribution in [1.82, 2.24) is 15.2 Å². The fourth-order valence-electron chi connectivity index (χ4n) is 3.31. The molecule has 2 heterocycles. The van der Waals surface area contributed by atoms with E-state index in [2.05, 4.69) is 64.8 Å². The molecule has 0 radical (unpaired) electrons. The van der Waals surface area contributed by atoms with Crippen LogP contribution >= 0.6 is 35.3 Å². The molecule has 1 N–H and O–H groups in total. The van der Waals surface area contributed by atoms with Gasteiger partial charge in [0.05, 0.1) is 5.01 Å². The molecule has 6 heteroatoms. The number of likely N-dealkylation sites (tertiary alicyclic amines) is 1. The van der Waals surface area contributed by atoms with Crippen LogP contribution in [0.4, 0.5) is 0 Å². The minimum atomic E-state index is 0. The van der Waals surface area contributed by atoms with Gasteiger partial charge >= 0.3 is 0 Å². The maximum absolute atomic E-state index is 4.85. The Morgan fingerprint density at radius 2 is 2.15 bits per heavy atom. The van der Waals surface area contributed by atoms with Gasteiger partial charge in [0.1, 0.15) is 0 Å². The van der Waals surface area contributed by atoms with Crippen LogP contribution in [0.3, 0.4) is 0 Å². The lowest BCUT2D eigenvalue weighted by molar-refractivity contribution is 0.485. The molecular formula is C20H29IN4S. The van der Waals surface area contributed by atoms with Gasteiger partial charge in [0.15, 0.2) is 5.96 Å². The molecule has 1 aromatic heterocycles. The second-order valence-corrected chi connectivity index (χ2v) is 7.51. The Balaban J connectivity index is 0.00000243. The van der Waals surface area contributed by atoms with E-state index in [1.807, 2.05) is 0 Å². The smallest absolute Gasteiger partial charge is 0.193 e. The van der Waals surface area contributed by atoms with Crippen LogP contribution in [0.1, 0.15) is 41.9 Å². The summed E-state index contributed by atoms with van der Waals surface area (Å²) < 4.78 is 0. The standard InChI is InChI=1S/C20H28N4S.HI/c1-3-21-20(22-12-7-10-19-23-16(2)15-25-19)24-13-11-18(14-24)17-8-5-4-6-9-17;/h4-6,8-9,15,18H,3,7,10-14H2,1-2H3,(H,21,22);1H.